The maximum atomic E-state index is 6.39. The Morgan fingerprint density at radius 3 is 1.66 bits per heavy atom. The van der Waals surface area contributed by atoms with E-state index < -0.39 is 0 Å². The maximum absolute atomic E-state index is 6.39. The van der Waals surface area contributed by atoms with Crippen LogP contribution in [0.3, 0.4) is 0 Å². The van der Waals surface area contributed by atoms with Crippen molar-refractivity contribution in [1.82, 2.24) is 4.57 Å². The van der Waals surface area contributed by atoms with Crippen molar-refractivity contribution < 1.29 is 4.42 Å². The number of fused-ring (bicyclic) bond motifs is 7. The molecule has 0 spiro atoms. The molecule has 0 saturated heterocycles. The third kappa shape index (κ3) is 7.53. The van der Waals surface area contributed by atoms with Gasteiger partial charge in [-0.15, -0.1) is 0 Å². The van der Waals surface area contributed by atoms with Gasteiger partial charge in [0.05, 0.1) is 22.8 Å². The molecule has 73 heavy (non-hydrogen) atoms. The highest BCUT2D eigenvalue weighted by Crippen LogP contribution is 2.41. The van der Waals surface area contributed by atoms with E-state index in [4.69, 9.17) is 4.42 Å². The quantitative estimate of drug-likeness (QED) is 0.144. The van der Waals surface area contributed by atoms with Crippen molar-refractivity contribution in [3.63, 3.8) is 0 Å². The van der Waals surface area contributed by atoms with Gasteiger partial charge in [0.15, 0.2) is 0 Å². The van der Waals surface area contributed by atoms with Crippen LogP contribution in [0.25, 0.3) is 110 Å². The molecule has 1 aliphatic rings. The first kappa shape index (κ1) is 42.4. The van der Waals surface area contributed by atoms with Gasteiger partial charge in [0, 0.05) is 44.0 Å². The zero-order valence-corrected chi connectivity index (χ0v) is 40.1. The van der Waals surface area contributed by atoms with E-state index in [1.807, 2.05) is 12.1 Å². The standard InChI is InChI=1S/C70H48N2O/c1-2-14-53-45-55(32-29-47(53)13-1)51-37-43-59(44-38-51)71(57-39-33-49(34-40-57)48-27-30-52(31-28-48)61-21-12-22-65-64-20-6-10-26-69(64)73-70(61)65)58-41-35-50(36-42-58)54-15-11-16-56(46-54)60-17-3-7-23-66(60)72-67-24-8-4-18-62(67)63-19-5-9-25-68(63)72/h1-43,45-46,59H,44H2. The first-order valence-corrected chi connectivity index (χ1v) is 25.2. The summed E-state index contributed by atoms with van der Waals surface area (Å²) in [7, 11) is 0. The summed E-state index contributed by atoms with van der Waals surface area (Å²) in [4.78, 5) is 2.49. The van der Waals surface area contributed by atoms with Crippen molar-refractivity contribution in [2.75, 3.05) is 4.90 Å². The minimum Gasteiger partial charge on any atom is -0.455 e. The number of nitrogens with zero attached hydrogens (tertiary/aromatic N) is 2. The second-order valence-electron chi connectivity index (χ2n) is 19.2. The molecule has 13 aromatic rings. The Bertz CT molecular complexity index is 4230. The molecule has 3 nitrogen and oxygen atoms in total. The number of rotatable bonds is 9. The first-order chi connectivity index (χ1) is 36.2. The van der Waals surface area contributed by atoms with Gasteiger partial charge in [-0.3, -0.25) is 0 Å². The lowest BCUT2D eigenvalue weighted by Gasteiger charge is -2.33. The highest BCUT2D eigenvalue weighted by atomic mass is 16.3. The van der Waals surface area contributed by atoms with Crippen LogP contribution in [0.1, 0.15) is 12.0 Å². The van der Waals surface area contributed by atoms with E-state index in [0.29, 0.717) is 0 Å². The summed E-state index contributed by atoms with van der Waals surface area (Å²) in [6, 6.07) is 92.6. The second-order valence-corrected chi connectivity index (χ2v) is 19.2. The van der Waals surface area contributed by atoms with E-state index >= 15 is 0 Å². The summed E-state index contributed by atoms with van der Waals surface area (Å²) in [5.41, 5.74) is 19.5. The van der Waals surface area contributed by atoms with Crippen molar-refractivity contribution in [2.24, 2.45) is 0 Å². The lowest BCUT2D eigenvalue weighted by Crippen LogP contribution is -2.30. The molecule has 0 N–H and O–H groups in total. The van der Waals surface area contributed by atoms with Gasteiger partial charge in [0.25, 0.3) is 0 Å². The summed E-state index contributed by atoms with van der Waals surface area (Å²) in [6.45, 7) is 0. The molecule has 1 atom stereocenters. The Morgan fingerprint density at radius 2 is 0.932 bits per heavy atom. The minimum atomic E-state index is 0.113. The summed E-state index contributed by atoms with van der Waals surface area (Å²) in [5, 5.41) is 7.32. The van der Waals surface area contributed by atoms with Crippen LogP contribution in [0.4, 0.5) is 11.4 Å². The van der Waals surface area contributed by atoms with Crippen LogP contribution in [0.2, 0.25) is 0 Å². The van der Waals surface area contributed by atoms with Gasteiger partial charge < -0.3 is 13.9 Å². The third-order valence-corrected chi connectivity index (χ3v) is 14.9. The Labute approximate surface area is 424 Å². The number of hydrogen-bond acceptors (Lipinski definition) is 2. The fourth-order valence-electron chi connectivity index (χ4n) is 11.3. The van der Waals surface area contributed by atoms with Crippen LogP contribution in [0.5, 0.6) is 0 Å². The molecule has 0 saturated carbocycles. The highest BCUT2D eigenvalue weighted by Gasteiger charge is 2.22. The predicted octanol–water partition coefficient (Wildman–Crippen LogP) is 19.1. The third-order valence-electron chi connectivity index (χ3n) is 14.9. The normalized spacial score (nSPS) is 13.6. The van der Waals surface area contributed by atoms with Crippen molar-refractivity contribution in [3.8, 4) is 50.2 Å². The molecule has 2 heterocycles. The van der Waals surface area contributed by atoms with E-state index in [-0.39, 0.29) is 6.04 Å². The highest BCUT2D eigenvalue weighted by molar-refractivity contribution is 6.11. The monoisotopic (exact) mass is 932 g/mol. The molecule has 344 valence electrons. The Morgan fingerprint density at radius 1 is 0.384 bits per heavy atom. The van der Waals surface area contributed by atoms with E-state index in [1.54, 1.807) is 0 Å². The first-order valence-electron chi connectivity index (χ1n) is 25.2. The van der Waals surface area contributed by atoms with Crippen LogP contribution in [-0.2, 0) is 0 Å². The average molecular weight is 933 g/mol. The van der Waals surface area contributed by atoms with Crippen LogP contribution in [0.15, 0.2) is 277 Å². The number of hydrogen-bond donors (Lipinski definition) is 0. The molecule has 0 fully saturated rings. The van der Waals surface area contributed by atoms with E-state index in [1.165, 1.54) is 82.8 Å². The predicted molar refractivity (Wildman–Crippen MR) is 308 cm³/mol. The van der Waals surface area contributed by atoms with Crippen molar-refractivity contribution in [2.45, 2.75) is 12.5 Å². The summed E-state index contributed by atoms with van der Waals surface area (Å²) < 4.78 is 8.81. The number of allylic oxidation sites excluding steroid dienone is 2. The largest absolute Gasteiger partial charge is 0.455 e. The summed E-state index contributed by atoms with van der Waals surface area (Å²) >= 11 is 0. The minimum absolute atomic E-state index is 0.113. The van der Waals surface area contributed by atoms with Crippen LogP contribution in [0, 0.1) is 0 Å². The molecule has 0 amide bonds. The lowest BCUT2D eigenvalue weighted by atomic mass is 9.93. The van der Waals surface area contributed by atoms with E-state index in [0.717, 1.165) is 50.9 Å². The van der Waals surface area contributed by atoms with Crippen LogP contribution >= 0.6 is 0 Å². The number of para-hydroxylation sites is 5. The SMILES string of the molecule is C1=CC(N(c2ccc(-c3ccc(-c4cccc5c4oc4ccccc45)cc3)cc2)c2ccc(-c3cccc(-c4ccccc4-n4c5ccccc5c5ccccc54)c3)cc2)CC=C1c1ccc2ccccc2c1. The van der Waals surface area contributed by atoms with E-state index in [2.05, 4.69) is 270 Å². The number of aromatic nitrogens is 1. The Hall–Kier alpha value is -9.44. The molecule has 0 radical (unpaired) electrons. The molecule has 0 aliphatic heterocycles. The molecule has 1 aliphatic carbocycles. The molecule has 0 bridgehead atoms. The molecule has 11 aromatic carbocycles. The number of anilines is 2. The summed E-state index contributed by atoms with van der Waals surface area (Å²) in [6.07, 6.45) is 7.96. The van der Waals surface area contributed by atoms with Crippen LogP contribution < -0.4 is 4.90 Å². The fourth-order valence-corrected chi connectivity index (χ4v) is 11.3. The fraction of sp³-hybridized carbons (Fsp3) is 0.0286. The second kappa shape index (κ2) is 17.8. The maximum Gasteiger partial charge on any atom is 0.143 e. The van der Waals surface area contributed by atoms with Crippen molar-refractivity contribution in [1.29, 1.82) is 0 Å². The van der Waals surface area contributed by atoms with Gasteiger partial charge in [-0.05, 0) is 122 Å². The zero-order chi connectivity index (χ0) is 48.2. The summed E-state index contributed by atoms with van der Waals surface area (Å²) in [5.74, 6) is 0. The molecular weight excluding hydrogens is 885 g/mol. The van der Waals surface area contributed by atoms with Gasteiger partial charge in [0.1, 0.15) is 11.2 Å². The smallest absolute Gasteiger partial charge is 0.143 e. The van der Waals surface area contributed by atoms with Crippen molar-refractivity contribution >= 4 is 71.5 Å². The molecular formula is C70H48N2O. The number of benzene rings is 11. The van der Waals surface area contributed by atoms with Gasteiger partial charge in [-0.2, -0.15) is 0 Å². The topological polar surface area (TPSA) is 21.3 Å². The molecule has 1 unspecified atom stereocenters. The molecule has 2 aromatic heterocycles. The number of furan rings is 1. The van der Waals surface area contributed by atoms with Crippen molar-refractivity contribution in [3.05, 3.63) is 279 Å². The molecule has 3 heteroatoms. The zero-order valence-electron chi connectivity index (χ0n) is 40.1. The molecule has 14 rings (SSSR count). The van der Waals surface area contributed by atoms with E-state index in [9.17, 15) is 0 Å². The Kier molecular flexibility index (Phi) is 10.3. The average Bonchev–Trinajstić information content (AvgIpc) is 4.03. The van der Waals surface area contributed by atoms with Crippen LogP contribution in [-0.4, -0.2) is 10.6 Å². The van der Waals surface area contributed by atoms with Gasteiger partial charge in [-0.25, -0.2) is 0 Å². The van der Waals surface area contributed by atoms with Gasteiger partial charge in [0.2, 0.25) is 0 Å². The lowest BCUT2D eigenvalue weighted by molar-refractivity contribution is 0.670. The van der Waals surface area contributed by atoms with Gasteiger partial charge >= 0.3 is 0 Å². The Balaban J connectivity index is 0.786. The van der Waals surface area contributed by atoms with Gasteiger partial charge in [-0.1, -0.05) is 212 Å².